The summed E-state index contributed by atoms with van der Waals surface area (Å²) in [5, 5.41) is 8.93. The molecule has 2 rings (SSSR count). The van der Waals surface area contributed by atoms with Gasteiger partial charge in [-0.2, -0.15) is 5.26 Å². The summed E-state index contributed by atoms with van der Waals surface area (Å²) in [5.74, 6) is -0.268. The first-order chi connectivity index (χ1) is 12.4. The van der Waals surface area contributed by atoms with Crippen LogP contribution in [-0.2, 0) is 9.53 Å². The molecule has 0 saturated heterocycles. The highest BCUT2D eigenvalue weighted by Gasteiger charge is 2.12. The van der Waals surface area contributed by atoms with E-state index >= 15 is 0 Å². The number of rotatable bonds is 6. The highest BCUT2D eigenvalue weighted by molar-refractivity contribution is 5.91. The van der Waals surface area contributed by atoms with Crippen molar-refractivity contribution in [3.8, 4) is 17.6 Å². The van der Waals surface area contributed by atoms with Gasteiger partial charge in [-0.25, -0.2) is 9.59 Å². The Bertz CT molecular complexity index is 896. The maximum Gasteiger partial charge on any atom is 0.343 e. The number of benzene rings is 2. The fourth-order valence-electron chi connectivity index (χ4n) is 2.14. The summed E-state index contributed by atoms with van der Waals surface area (Å²) in [5.41, 5.74) is 2.29. The second kappa shape index (κ2) is 8.49. The van der Waals surface area contributed by atoms with E-state index in [4.69, 9.17) is 19.5 Å². The number of carbonyl (C=O) groups is 2. The zero-order chi connectivity index (χ0) is 19.1. The van der Waals surface area contributed by atoms with Gasteiger partial charge in [-0.1, -0.05) is 6.58 Å². The molecule has 0 unspecified atom stereocenters. The van der Waals surface area contributed by atoms with E-state index in [-0.39, 0.29) is 6.79 Å². The molecular weight excluding hydrogens is 334 g/mol. The first kappa shape index (κ1) is 18.7. The minimum Gasteiger partial charge on any atom is -0.457 e. The fraction of sp³-hybridized carbons (Fsp3) is 0.150. The Morgan fingerprint density at radius 2 is 1.92 bits per heavy atom. The smallest absolute Gasteiger partial charge is 0.343 e. The van der Waals surface area contributed by atoms with Gasteiger partial charge < -0.3 is 14.2 Å². The van der Waals surface area contributed by atoms with Crippen LogP contribution in [0.4, 0.5) is 0 Å². The lowest BCUT2D eigenvalue weighted by Crippen LogP contribution is -2.11. The number of carbonyl (C=O) groups excluding carboxylic acids is 2. The fourth-order valence-corrected chi connectivity index (χ4v) is 2.14. The van der Waals surface area contributed by atoms with Crippen LogP contribution in [0.25, 0.3) is 0 Å². The van der Waals surface area contributed by atoms with E-state index in [1.165, 1.54) is 0 Å². The number of hydrogen-bond donors (Lipinski definition) is 0. The van der Waals surface area contributed by atoms with Crippen molar-refractivity contribution in [1.82, 2.24) is 0 Å². The minimum atomic E-state index is -0.583. The number of nitriles is 1. The monoisotopic (exact) mass is 351 g/mol. The Morgan fingerprint density at radius 1 is 1.15 bits per heavy atom. The molecule has 0 saturated carbocycles. The lowest BCUT2D eigenvalue weighted by molar-refractivity contribution is -0.144. The van der Waals surface area contributed by atoms with Gasteiger partial charge in [0, 0.05) is 6.08 Å². The third-order valence-electron chi connectivity index (χ3n) is 3.52. The van der Waals surface area contributed by atoms with Crippen LogP contribution in [-0.4, -0.2) is 18.7 Å². The molecule has 6 nitrogen and oxygen atoms in total. The number of hydrogen-bond acceptors (Lipinski definition) is 6. The average molecular weight is 351 g/mol. The first-order valence-electron chi connectivity index (χ1n) is 7.70. The Kier molecular flexibility index (Phi) is 6.12. The van der Waals surface area contributed by atoms with Crippen LogP contribution in [0, 0.1) is 25.2 Å². The van der Waals surface area contributed by atoms with Gasteiger partial charge in [-0.3, -0.25) is 0 Å². The maximum absolute atomic E-state index is 12.3. The molecule has 0 N–H and O–H groups in total. The van der Waals surface area contributed by atoms with Crippen molar-refractivity contribution in [1.29, 1.82) is 5.26 Å². The molecule has 0 aliphatic heterocycles. The summed E-state index contributed by atoms with van der Waals surface area (Å²) >= 11 is 0. The van der Waals surface area contributed by atoms with Crippen LogP contribution >= 0.6 is 0 Å². The molecule has 0 aromatic heterocycles. The Balaban J connectivity index is 2.04. The third kappa shape index (κ3) is 4.71. The quantitative estimate of drug-likeness (QED) is 0.343. The first-order valence-corrected chi connectivity index (χ1v) is 7.70. The summed E-state index contributed by atoms with van der Waals surface area (Å²) in [4.78, 5) is 23.2. The van der Waals surface area contributed by atoms with Crippen molar-refractivity contribution in [3.63, 3.8) is 0 Å². The summed E-state index contributed by atoms with van der Waals surface area (Å²) in [6.07, 6.45) is 1.04. The van der Waals surface area contributed by atoms with Crippen molar-refractivity contribution in [3.05, 3.63) is 71.3 Å². The molecule has 0 atom stereocenters. The van der Waals surface area contributed by atoms with E-state index in [0.717, 1.165) is 11.6 Å². The maximum atomic E-state index is 12.3. The SMILES string of the molecule is C=CC(=O)OCOc1ccc(C(=O)Oc2ccc(C#N)c(C)c2)cc1C. The molecule has 0 aliphatic rings. The van der Waals surface area contributed by atoms with Crippen molar-refractivity contribution < 1.29 is 23.8 Å². The molecule has 0 heterocycles. The summed E-state index contributed by atoms with van der Waals surface area (Å²) < 4.78 is 15.4. The van der Waals surface area contributed by atoms with Crippen LogP contribution < -0.4 is 9.47 Å². The summed E-state index contributed by atoms with van der Waals surface area (Å²) in [6.45, 7) is 6.56. The average Bonchev–Trinajstić information content (AvgIpc) is 2.62. The van der Waals surface area contributed by atoms with Gasteiger partial charge in [0.1, 0.15) is 11.5 Å². The van der Waals surface area contributed by atoms with Gasteiger partial charge in [-0.15, -0.1) is 0 Å². The van der Waals surface area contributed by atoms with Crippen LogP contribution in [0.5, 0.6) is 11.5 Å². The van der Waals surface area contributed by atoms with Gasteiger partial charge in [0.05, 0.1) is 17.2 Å². The van der Waals surface area contributed by atoms with Crippen molar-refractivity contribution in [2.75, 3.05) is 6.79 Å². The molecule has 0 bridgehead atoms. The predicted octanol–water partition coefficient (Wildman–Crippen LogP) is 3.46. The standard InChI is InChI=1S/C20H17NO5/c1-4-19(22)25-12-24-18-8-6-15(9-14(18)3)20(23)26-17-7-5-16(11-21)13(2)10-17/h4-10H,1,12H2,2-3H3. The molecule has 6 heteroatoms. The molecule has 0 amide bonds. The van der Waals surface area contributed by atoms with Gasteiger partial charge in [0.2, 0.25) is 6.79 Å². The van der Waals surface area contributed by atoms with E-state index in [1.54, 1.807) is 50.2 Å². The zero-order valence-corrected chi connectivity index (χ0v) is 14.4. The van der Waals surface area contributed by atoms with E-state index in [9.17, 15) is 9.59 Å². The number of nitrogens with zero attached hydrogens (tertiary/aromatic N) is 1. The van der Waals surface area contributed by atoms with Crippen LogP contribution in [0.15, 0.2) is 49.1 Å². The van der Waals surface area contributed by atoms with Crippen molar-refractivity contribution in [2.24, 2.45) is 0 Å². The minimum absolute atomic E-state index is 0.250. The van der Waals surface area contributed by atoms with Crippen LogP contribution in [0.3, 0.4) is 0 Å². The van der Waals surface area contributed by atoms with E-state index < -0.39 is 11.9 Å². The third-order valence-corrected chi connectivity index (χ3v) is 3.52. The van der Waals surface area contributed by atoms with E-state index in [2.05, 4.69) is 12.6 Å². The van der Waals surface area contributed by atoms with Crippen molar-refractivity contribution in [2.45, 2.75) is 13.8 Å². The topological polar surface area (TPSA) is 85.6 Å². The second-order valence-corrected chi connectivity index (χ2v) is 5.39. The molecule has 132 valence electrons. The Labute approximate surface area is 151 Å². The zero-order valence-electron chi connectivity index (χ0n) is 14.4. The second-order valence-electron chi connectivity index (χ2n) is 5.39. The molecule has 0 spiro atoms. The lowest BCUT2D eigenvalue weighted by Gasteiger charge is -2.10. The summed E-state index contributed by atoms with van der Waals surface area (Å²) in [7, 11) is 0. The molecule has 0 fully saturated rings. The van der Waals surface area contributed by atoms with Crippen molar-refractivity contribution >= 4 is 11.9 Å². The van der Waals surface area contributed by atoms with Gasteiger partial charge in [0.25, 0.3) is 0 Å². The Morgan fingerprint density at radius 3 is 2.54 bits per heavy atom. The normalized spacial score (nSPS) is 9.73. The number of ether oxygens (including phenoxy) is 3. The van der Waals surface area contributed by atoms with E-state index in [0.29, 0.717) is 28.2 Å². The lowest BCUT2D eigenvalue weighted by atomic mass is 10.1. The van der Waals surface area contributed by atoms with E-state index in [1.807, 2.05) is 0 Å². The molecule has 2 aromatic rings. The van der Waals surface area contributed by atoms with Crippen LogP contribution in [0.2, 0.25) is 0 Å². The predicted molar refractivity (Wildman–Crippen MR) is 93.8 cm³/mol. The largest absolute Gasteiger partial charge is 0.457 e. The highest BCUT2D eigenvalue weighted by Crippen LogP contribution is 2.22. The molecule has 0 aliphatic carbocycles. The summed E-state index contributed by atoms with van der Waals surface area (Å²) in [6, 6.07) is 11.6. The van der Waals surface area contributed by atoms with Gasteiger partial charge in [0.15, 0.2) is 0 Å². The molecule has 0 radical (unpaired) electrons. The Hall–Kier alpha value is -3.59. The molecule has 26 heavy (non-hydrogen) atoms. The van der Waals surface area contributed by atoms with Gasteiger partial charge >= 0.3 is 11.9 Å². The van der Waals surface area contributed by atoms with Crippen LogP contribution in [0.1, 0.15) is 27.0 Å². The van der Waals surface area contributed by atoms with Gasteiger partial charge in [-0.05, 0) is 61.4 Å². The highest BCUT2D eigenvalue weighted by atomic mass is 16.7. The number of aryl methyl sites for hydroxylation is 2. The molecular formula is C20H17NO5. The number of esters is 2. The molecule has 2 aromatic carbocycles.